The molecular formula is C28H28N4O4. The Hall–Kier alpha value is -4.20. The van der Waals surface area contributed by atoms with Crippen LogP contribution in [0.3, 0.4) is 0 Å². The van der Waals surface area contributed by atoms with Crippen molar-refractivity contribution in [3.05, 3.63) is 70.8 Å². The summed E-state index contributed by atoms with van der Waals surface area (Å²) in [7, 11) is 0. The highest BCUT2D eigenvalue weighted by Gasteiger charge is 2.34. The van der Waals surface area contributed by atoms with Gasteiger partial charge in [0.15, 0.2) is 5.71 Å². The molecule has 3 N–H and O–H groups in total. The molecule has 0 unspecified atom stereocenters. The van der Waals surface area contributed by atoms with Gasteiger partial charge in [-0.05, 0) is 79.0 Å². The van der Waals surface area contributed by atoms with Gasteiger partial charge < -0.3 is 10.2 Å². The van der Waals surface area contributed by atoms with Gasteiger partial charge >= 0.3 is 11.9 Å². The second kappa shape index (κ2) is 8.78. The number of nitrogens with zero attached hydrogens (tertiary/aromatic N) is 3. The summed E-state index contributed by atoms with van der Waals surface area (Å²) in [6, 6.07) is 11.1. The number of carboxylic acids is 1. The SMILES string of the molecule is CC1=NN(c2ccc3c(c2)C(C)(C)CC3)C(=O)/C1=N\Nc1cccc(C2=CC(C(=O)O)=CCC2)c1O. The van der Waals surface area contributed by atoms with Gasteiger partial charge in [-0.1, -0.05) is 38.1 Å². The topological polar surface area (TPSA) is 115 Å². The number of hydrogen-bond donors (Lipinski definition) is 3. The molecule has 2 aromatic carbocycles. The summed E-state index contributed by atoms with van der Waals surface area (Å²) in [5.41, 5.74) is 8.51. The molecule has 0 radical (unpaired) electrons. The van der Waals surface area contributed by atoms with Gasteiger partial charge in [0.05, 0.1) is 22.7 Å². The minimum atomic E-state index is -1.00. The fraction of sp³-hybridized carbons (Fsp3) is 0.286. The van der Waals surface area contributed by atoms with Crippen LogP contribution >= 0.6 is 0 Å². The first-order chi connectivity index (χ1) is 17.2. The predicted octanol–water partition coefficient (Wildman–Crippen LogP) is 4.99. The number of benzene rings is 2. The van der Waals surface area contributed by atoms with E-state index < -0.39 is 5.97 Å². The maximum absolute atomic E-state index is 13.2. The highest BCUT2D eigenvalue weighted by molar-refractivity contribution is 6.71. The quantitative estimate of drug-likeness (QED) is 0.408. The number of hydrazone groups is 2. The molecule has 36 heavy (non-hydrogen) atoms. The van der Waals surface area contributed by atoms with Gasteiger partial charge in [-0.3, -0.25) is 10.2 Å². The zero-order valence-electron chi connectivity index (χ0n) is 20.5. The van der Waals surface area contributed by atoms with Crippen molar-refractivity contribution in [3.8, 4) is 5.75 Å². The van der Waals surface area contributed by atoms with Crippen molar-refractivity contribution in [2.75, 3.05) is 10.4 Å². The first-order valence-corrected chi connectivity index (χ1v) is 12.0. The molecule has 8 nitrogen and oxygen atoms in total. The van der Waals surface area contributed by atoms with E-state index in [4.69, 9.17) is 0 Å². The van der Waals surface area contributed by atoms with E-state index in [0.717, 1.165) is 18.4 Å². The fourth-order valence-corrected chi connectivity index (χ4v) is 5.00. The van der Waals surface area contributed by atoms with Crippen LogP contribution in [0.25, 0.3) is 5.57 Å². The van der Waals surface area contributed by atoms with E-state index in [-0.39, 0.29) is 28.4 Å². The van der Waals surface area contributed by atoms with Crippen molar-refractivity contribution in [1.29, 1.82) is 0 Å². The monoisotopic (exact) mass is 484 g/mol. The summed E-state index contributed by atoms with van der Waals surface area (Å²) in [5.74, 6) is -1.41. The third kappa shape index (κ3) is 4.08. The highest BCUT2D eigenvalue weighted by Crippen LogP contribution is 2.41. The molecule has 0 saturated carbocycles. The van der Waals surface area contributed by atoms with E-state index in [2.05, 4.69) is 35.5 Å². The Kier molecular flexibility index (Phi) is 5.74. The Morgan fingerprint density at radius 2 is 2.00 bits per heavy atom. The van der Waals surface area contributed by atoms with Gasteiger partial charge in [0.25, 0.3) is 0 Å². The normalized spacial score (nSPS) is 19.6. The number of phenolic OH excluding ortho intramolecular Hbond substituents is 1. The molecule has 0 aromatic heterocycles. The van der Waals surface area contributed by atoms with Crippen LogP contribution < -0.4 is 10.4 Å². The lowest BCUT2D eigenvalue weighted by Crippen LogP contribution is -2.28. The summed E-state index contributed by atoms with van der Waals surface area (Å²) >= 11 is 0. The molecule has 2 aliphatic carbocycles. The van der Waals surface area contributed by atoms with Gasteiger partial charge in [-0.2, -0.15) is 15.2 Å². The van der Waals surface area contributed by atoms with Crippen molar-refractivity contribution in [3.63, 3.8) is 0 Å². The van der Waals surface area contributed by atoms with Gasteiger partial charge in [-0.25, -0.2) is 4.79 Å². The molecule has 3 aliphatic rings. The van der Waals surface area contributed by atoms with E-state index in [1.807, 2.05) is 12.1 Å². The summed E-state index contributed by atoms with van der Waals surface area (Å²) in [5, 5.41) is 30.3. The Bertz CT molecular complexity index is 1410. The lowest BCUT2D eigenvalue weighted by Gasteiger charge is -2.21. The zero-order chi connectivity index (χ0) is 25.6. The molecule has 184 valence electrons. The Morgan fingerprint density at radius 1 is 1.19 bits per heavy atom. The third-order valence-corrected chi connectivity index (χ3v) is 7.10. The Balaban J connectivity index is 1.39. The summed E-state index contributed by atoms with van der Waals surface area (Å²) in [6.07, 6.45) is 6.53. The van der Waals surface area contributed by atoms with Crippen molar-refractivity contribution >= 4 is 40.2 Å². The lowest BCUT2D eigenvalue weighted by molar-refractivity contribution is -0.132. The number of nitrogens with one attached hydrogen (secondary N) is 1. The molecule has 0 atom stereocenters. The first kappa shape index (κ1) is 23.5. The number of rotatable bonds is 5. The number of allylic oxidation sites excluding steroid dienone is 2. The van der Waals surface area contributed by atoms with Gasteiger partial charge in [0.2, 0.25) is 0 Å². The summed E-state index contributed by atoms with van der Waals surface area (Å²) in [4.78, 5) is 24.6. The molecule has 1 aliphatic heterocycles. The van der Waals surface area contributed by atoms with Crippen LogP contribution in [0, 0.1) is 0 Å². The maximum atomic E-state index is 13.2. The first-order valence-electron chi connectivity index (χ1n) is 12.0. The van der Waals surface area contributed by atoms with E-state index in [0.29, 0.717) is 35.5 Å². The summed E-state index contributed by atoms with van der Waals surface area (Å²) in [6.45, 7) is 6.14. The van der Waals surface area contributed by atoms with Crippen LogP contribution in [-0.2, 0) is 21.4 Å². The number of carbonyl (C=O) groups is 2. The standard InChI is InChI=1S/C28H28N4O4/c1-16-24(26(34)32(31-16)20-11-10-17-12-13-28(2,3)22(17)15-20)30-29-23-9-5-8-21(25(23)33)18-6-4-7-19(14-18)27(35)36/h5,7-11,14-15,29,33H,4,6,12-13H2,1-3H3,(H,35,36)/b30-24-. The van der Waals surface area contributed by atoms with Gasteiger partial charge in [0.1, 0.15) is 5.75 Å². The lowest BCUT2D eigenvalue weighted by atomic mass is 9.86. The number of hydrogen-bond acceptors (Lipinski definition) is 6. The number of para-hydroxylation sites is 1. The fourth-order valence-electron chi connectivity index (χ4n) is 5.00. The van der Waals surface area contributed by atoms with Gasteiger partial charge in [-0.15, -0.1) is 0 Å². The zero-order valence-corrected chi connectivity index (χ0v) is 20.5. The molecule has 1 heterocycles. The van der Waals surface area contributed by atoms with Crippen molar-refractivity contribution in [2.24, 2.45) is 10.2 Å². The largest absolute Gasteiger partial charge is 0.505 e. The minimum absolute atomic E-state index is 0.0579. The van der Waals surface area contributed by atoms with E-state index in [1.165, 1.54) is 16.1 Å². The molecular weight excluding hydrogens is 456 g/mol. The summed E-state index contributed by atoms with van der Waals surface area (Å²) < 4.78 is 0. The Labute approximate surface area is 209 Å². The Morgan fingerprint density at radius 3 is 2.78 bits per heavy atom. The number of carboxylic acid groups (broad SMARTS) is 1. The van der Waals surface area contributed by atoms with Crippen molar-refractivity contribution in [2.45, 2.75) is 51.9 Å². The van der Waals surface area contributed by atoms with E-state index in [9.17, 15) is 19.8 Å². The van der Waals surface area contributed by atoms with Crippen LogP contribution in [0.15, 0.2) is 64.3 Å². The van der Waals surface area contributed by atoms with E-state index in [1.54, 1.807) is 37.3 Å². The molecule has 8 heteroatoms. The molecule has 0 spiro atoms. The number of amides is 1. The second-order valence-corrected chi connectivity index (χ2v) is 9.97. The van der Waals surface area contributed by atoms with Crippen LogP contribution in [0.5, 0.6) is 5.75 Å². The van der Waals surface area contributed by atoms with E-state index >= 15 is 0 Å². The third-order valence-electron chi connectivity index (χ3n) is 7.10. The molecule has 0 bridgehead atoms. The smallest absolute Gasteiger partial charge is 0.335 e. The van der Waals surface area contributed by atoms with Crippen molar-refractivity contribution < 1.29 is 19.8 Å². The molecule has 1 amide bonds. The van der Waals surface area contributed by atoms with Gasteiger partial charge in [0, 0.05) is 5.56 Å². The predicted molar refractivity (Wildman–Crippen MR) is 140 cm³/mol. The highest BCUT2D eigenvalue weighted by atomic mass is 16.4. The number of aromatic hydroxyl groups is 1. The van der Waals surface area contributed by atoms with Crippen LogP contribution in [0.1, 0.15) is 56.7 Å². The molecule has 2 aromatic rings. The van der Waals surface area contributed by atoms with Crippen LogP contribution in [0.4, 0.5) is 11.4 Å². The van der Waals surface area contributed by atoms with Crippen LogP contribution in [0.2, 0.25) is 0 Å². The minimum Gasteiger partial charge on any atom is -0.505 e. The second-order valence-electron chi connectivity index (χ2n) is 9.97. The average molecular weight is 485 g/mol. The number of carbonyl (C=O) groups excluding carboxylic acids is 1. The number of aliphatic carboxylic acids is 1. The molecule has 5 rings (SSSR count). The van der Waals surface area contributed by atoms with Crippen molar-refractivity contribution in [1.82, 2.24) is 0 Å². The van der Waals surface area contributed by atoms with Crippen LogP contribution in [-0.4, -0.2) is 33.5 Å². The average Bonchev–Trinajstić information content (AvgIpc) is 3.32. The maximum Gasteiger partial charge on any atom is 0.335 e. The molecule has 0 saturated heterocycles. The number of anilines is 2. The number of aryl methyl sites for hydroxylation is 1. The molecule has 0 fully saturated rings. The number of fused-ring (bicyclic) bond motifs is 1. The number of phenols is 1.